The van der Waals surface area contributed by atoms with E-state index in [0.717, 1.165) is 22.3 Å². The summed E-state index contributed by atoms with van der Waals surface area (Å²) < 4.78 is 4.97. The molecule has 1 aromatic carbocycles. The molecule has 0 bridgehead atoms. The number of pyridine rings is 1. The number of thioether (sulfide) groups is 1. The van der Waals surface area contributed by atoms with Crippen LogP contribution in [0.3, 0.4) is 0 Å². The number of hydrogen-bond acceptors (Lipinski definition) is 4. The van der Waals surface area contributed by atoms with Crippen molar-refractivity contribution in [3.63, 3.8) is 0 Å². The second-order valence-electron chi connectivity index (χ2n) is 4.36. The fourth-order valence-corrected chi connectivity index (χ4v) is 3.17. The molecule has 0 spiro atoms. The normalized spacial score (nSPS) is 19.2. The third kappa shape index (κ3) is 2.08. The summed E-state index contributed by atoms with van der Waals surface area (Å²) in [5.41, 5.74) is 2.17. The summed E-state index contributed by atoms with van der Waals surface area (Å²) in [6.07, 6.45) is 0.775. The summed E-state index contributed by atoms with van der Waals surface area (Å²) in [4.78, 5) is 16.0. The lowest BCUT2D eigenvalue weighted by atomic mass is 10.1. The Morgan fingerprint density at radius 1 is 1.39 bits per heavy atom. The van der Waals surface area contributed by atoms with E-state index in [9.17, 15) is 4.79 Å². The predicted octanol–water partition coefficient (Wildman–Crippen LogP) is 2.95. The molecule has 1 atom stereocenters. The number of aromatic nitrogens is 1. The highest BCUT2D eigenvalue weighted by molar-refractivity contribution is 8.00. The summed E-state index contributed by atoms with van der Waals surface area (Å²) >= 11 is 1.50. The average molecular weight is 259 g/mol. The molecule has 3 nitrogen and oxygen atoms in total. The molecule has 1 aliphatic rings. The first kappa shape index (κ1) is 11.5. The van der Waals surface area contributed by atoms with Gasteiger partial charge >= 0.3 is 5.97 Å². The number of ether oxygens (including phenoxy) is 1. The van der Waals surface area contributed by atoms with Crippen molar-refractivity contribution >= 4 is 28.6 Å². The summed E-state index contributed by atoms with van der Waals surface area (Å²) in [6, 6.07) is 10.1. The topological polar surface area (TPSA) is 39.2 Å². The van der Waals surface area contributed by atoms with Gasteiger partial charge in [0.2, 0.25) is 0 Å². The maximum Gasteiger partial charge on any atom is 0.319 e. The van der Waals surface area contributed by atoms with Gasteiger partial charge in [0.25, 0.3) is 0 Å². The van der Waals surface area contributed by atoms with Crippen LogP contribution < -0.4 is 0 Å². The number of rotatable bonds is 2. The molecular weight excluding hydrogens is 246 g/mol. The molecule has 0 aliphatic carbocycles. The highest BCUT2D eigenvalue weighted by Crippen LogP contribution is 2.30. The van der Waals surface area contributed by atoms with E-state index in [2.05, 4.69) is 18.0 Å². The van der Waals surface area contributed by atoms with Gasteiger partial charge in [-0.15, -0.1) is 0 Å². The number of carbonyl (C=O) groups is 1. The Balaban J connectivity index is 1.95. The summed E-state index contributed by atoms with van der Waals surface area (Å²) in [5.74, 6) is -0.118. The Labute approximate surface area is 110 Å². The van der Waals surface area contributed by atoms with E-state index < -0.39 is 0 Å². The standard InChI is InChI=1S/C14H13NO2S/c1-9-8-13(18-12-6-7-17-14(12)16)15-11-5-3-2-4-10(9)11/h2-5,8,12H,6-7H2,1H3/t12-/m1/s1. The van der Waals surface area contributed by atoms with Gasteiger partial charge in [-0.25, -0.2) is 4.98 Å². The molecule has 2 heterocycles. The lowest BCUT2D eigenvalue weighted by molar-refractivity contribution is -0.137. The monoisotopic (exact) mass is 259 g/mol. The molecule has 1 saturated heterocycles. The van der Waals surface area contributed by atoms with Gasteiger partial charge in [-0.3, -0.25) is 4.79 Å². The Bertz CT molecular complexity index is 612. The van der Waals surface area contributed by atoms with Crippen LogP contribution in [0.15, 0.2) is 35.4 Å². The maximum absolute atomic E-state index is 11.5. The largest absolute Gasteiger partial charge is 0.465 e. The van der Waals surface area contributed by atoms with Gasteiger partial charge in [0, 0.05) is 11.8 Å². The van der Waals surface area contributed by atoms with Crippen LogP contribution in [0.4, 0.5) is 0 Å². The lowest BCUT2D eigenvalue weighted by Crippen LogP contribution is -2.09. The molecular formula is C14H13NO2S. The molecule has 92 valence electrons. The van der Waals surface area contributed by atoms with Crippen molar-refractivity contribution in [3.8, 4) is 0 Å². The number of para-hydroxylation sites is 1. The van der Waals surface area contributed by atoms with Gasteiger partial charge in [0.15, 0.2) is 0 Å². The predicted molar refractivity (Wildman–Crippen MR) is 71.7 cm³/mol. The smallest absolute Gasteiger partial charge is 0.319 e. The van der Waals surface area contributed by atoms with Gasteiger partial charge in [-0.2, -0.15) is 0 Å². The van der Waals surface area contributed by atoms with Crippen LogP contribution in [0.25, 0.3) is 10.9 Å². The zero-order valence-electron chi connectivity index (χ0n) is 10.1. The summed E-state index contributed by atoms with van der Waals surface area (Å²) in [5, 5.41) is 1.96. The number of hydrogen-bond donors (Lipinski definition) is 0. The first-order valence-corrected chi connectivity index (χ1v) is 6.82. The molecule has 0 N–H and O–H groups in total. The van der Waals surface area contributed by atoms with Gasteiger partial charge in [-0.1, -0.05) is 30.0 Å². The Hall–Kier alpha value is -1.55. The molecule has 0 radical (unpaired) electrons. The fourth-order valence-electron chi connectivity index (χ4n) is 2.11. The van der Waals surface area contributed by atoms with Gasteiger partial charge < -0.3 is 4.74 Å². The Morgan fingerprint density at radius 2 is 2.22 bits per heavy atom. The molecule has 0 amide bonds. The number of fused-ring (bicyclic) bond motifs is 1. The number of esters is 1. The molecule has 18 heavy (non-hydrogen) atoms. The second-order valence-corrected chi connectivity index (χ2v) is 5.58. The van der Waals surface area contributed by atoms with Gasteiger partial charge in [-0.05, 0) is 24.6 Å². The van der Waals surface area contributed by atoms with Crippen LogP contribution in [0.5, 0.6) is 0 Å². The minimum absolute atomic E-state index is 0.0990. The number of aryl methyl sites for hydroxylation is 1. The van der Waals surface area contributed by atoms with Crippen LogP contribution in [0.2, 0.25) is 0 Å². The molecule has 3 rings (SSSR count). The highest BCUT2D eigenvalue weighted by atomic mass is 32.2. The van der Waals surface area contributed by atoms with Crippen LogP contribution in [0, 0.1) is 6.92 Å². The van der Waals surface area contributed by atoms with Crippen molar-refractivity contribution in [2.45, 2.75) is 23.6 Å². The van der Waals surface area contributed by atoms with Crippen molar-refractivity contribution < 1.29 is 9.53 Å². The van der Waals surface area contributed by atoms with Crippen molar-refractivity contribution in [1.29, 1.82) is 0 Å². The Morgan fingerprint density at radius 3 is 3.00 bits per heavy atom. The third-order valence-electron chi connectivity index (χ3n) is 3.05. The van der Waals surface area contributed by atoms with Gasteiger partial charge in [0.1, 0.15) is 5.25 Å². The van der Waals surface area contributed by atoms with Crippen LogP contribution in [-0.2, 0) is 9.53 Å². The number of nitrogens with zero attached hydrogens (tertiary/aromatic N) is 1. The zero-order chi connectivity index (χ0) is 12.5. The average Bonchev–Trinajstić information content (AvgIpc) is 2.75. The fraction of sp³-hybridized carbons (Fsp3) is 0.286. The van der Waals surface area contributed by atoms with Crippen LogP contribution >= 0.6 is 11.8 Å². The summed E-state index contributed by atoms with van der Waals surface area (Å²) in [7, 11) is 0. The minimum atomic E-state index is -0.118. The molecule has 4 heteroatoms. The van der Waals surface area contributed by atoms with Crippen LogP contribution in [0.1, 0.15) is 12.0 Å². The second kappa shape index (κ2) is 4.61. The molecule has 1 aromatic heterocycles. The zero-order valence-corrected chi connectivity index (χ0v) is 10.9. The van der Waals surface area contributed by atoms with E-state index in [-0.39, 0.29) is 11.2 Å². The number of cyclic esters (lactones) is 1. The quantitative estimate of drug-likeness (QED) is 0.777. The van der Waals surface area contributed by atoms with Crippen molar-refractivity contribution in [1.82, 2.24) is 4.98 Å². The third-order valence-corrected chi connectivity index (χ3v) is 4.21. The molecule has 2 aromatic rings. The van der Waals surface area contributed by atoms with E-state index >= 15 is 0 Å². The molecule has 0 unspecified atom stereocenters. The molecule has 1 fully saturated rings. The summed E-state index contributed by atoms with van der Waals surface area (Å²) in [6.45, 7) is 2.60. The molecule has 0 saturated carbocycles. The lowest BCUT2D eigenvalue weighted by Gasteiger charge is -2.08. The van der Waals surface area contributed by atoms with Crippen molar-refractivity contribution in [3.05, 3.63) is 35.9 Å². The first-order chi connectivity index (χ1) is 8.74. The maximum atomic E-state index is 11.5. The van der Waals surface area contributed by atoms with E-state index in [4.69, 9.17) is 4.74 Å². The van der Waals surface area contributed by atoms with E-state index in [1.165, 1.54) is 17.3 Å². The van der Waals surface area contributed by atoms with Gasteiger partial charge in [0.05, 0.1) is 17.1 Å². The van der Waals surface area contributed by atoms with Crippen LogP contribution in [-0.4, -0.2) is 22.8 Å². The number of carbonyl (C=O) groups excluding carboxylic acids is 1. The van der Waals surface area contributed by atoms with E-state index in [0.29, 0.717) is 6.61 Å². The highest BCUT2D eigenvalue weighted by Gasteiger charge is 2.28. The van der Waals surface area contributed by atoms with Crippen molar-refractivity contribution in [2.24, 2.45) is 0 Å². The van der Waals surface area contributed by atoms with Crippen molar-refractivity contribution in [2.75, 3.05) is 6.61 Å². The molecule has 1 aliphatic heterocycles. The first-order valence-electron chi connectivity index (χ1n) is 5.94. The number of benzene rings is 1. The van der Waals surface area contributed by atoms with E-state index in [1.807, 2.05) is 24.3 Å². The minimum Gasteiger partial charge on any atom is -0.465 e. The SMILES string of the molecule is Cc1cc(S[C@@H]2CCOC2=O)nc2ccccc12. The van der Waals surface area contributed by atoms with E-state index in [1.54, 1.807) is 0 Å². The Kier molecular flexibility index (Phi) is 2.96.